The van der Waals surface area contributed by atoms with Crippen LogP contribution in [0.15, 0.2) is 28.9 Å². The molecule has 0 saturated carbocycles. The van der Waals surface area contributed by atoms with E-state index in [2.05, 4.69) is 10.4 Å². The van der Waals surface area contributed by atoms with Crippen LogP contribution in [0.2, 0.25) is 0 Å². The van der Waals surface area contributed by atoms with Crippen LogP contribution < -0.4 is 5.32 Å². The molecule has 0 aromatic carbocycles. The highest BCUT2D eigenvalue weighted by Crippen LogP contribution is 2.43. The van der Waals surface area contributed by atoms with E-state index in [4.69, 9.17) is 4.42 Å². The van der Waals surface area contributed by atoms with Gasteiger partial charge in [0.2, 0.25) is 0 Å². The number of anilines is 1. The number of nitrogens with zero attached hydrogens (tertiary/aromatic N) is 3. The van der Waals surface area contributed by atoms with Crippen LogP contribution in [0.5, 0.6) is 0 Å². The highest BCUT2D eigenvalue weighted by molar-refractivity contribution is 5.93. The first kappa shape index (κ1) is 17.9. The maximum atomic E-state index is 13.6. The third-order valence-electron chi connectivity index (χ3n) is 5.36. The number of furan rings is 1. The van der Waals surface area contributed by atoms with Crippen LogP contribution in [0.25, 0.3) is 0 Å². The number of likely N-dealkylation sites (tertiary alicyclic amines) is 1. The van der Waals surface area contributed by atoms with E-state index in [1.807, 2.05) is 6.92 Å². The van der Waals surface area contributed by atoms with Gasteiger partial charge in [-0.3, -0.25) is 4.79 Å². The third-order valence-corrected chi connectivity index (χ3v) is 5.36. The molecule has 2 aromatic rings. The van der Waals surface area contributed by atoms with Crippen molar-refractivity contribution in [2.24, 2.45) is 0 Å². The lowest BCUT2D eigenvalue weighted by Crippen LogP contribution is -2.42. The van der Waals surface area contributed by atoms with Crippen LogP contribution >= 0.6 is 0 Å². The number of fused-ring (bicyclic) bond motifs is 1. The summed E-state index contributed by atoms with van der Waals surface area (Å²) in [6.45, 7) is 2.56. The van der Waals surface area contributed by atoms with Crippen molar-refractivity contribution in [1.29, 1.82) is 0 Å². The number of piperidine rings is 1. The number of rotatable bonds is 2. The molecule has 27 heavy (non-hydrogen) atoms. The summed E-state index contributed by atoms with van der Waals surface area (Å²) in [6.07, 6.45) is -0.464. The maximum Gasteiger partial charge on any atom is 0.410 e. The number of nitrogens with one attached hydrogen (secondary N) is 1. The number of hydrogen-bond donors (Lipinski definition) is 1. The summed E-state index contributed by atoms with van der Waals surface area (Å²) < 4.78 is 47.1. The molecular weight excluding hydrogens is 361 g/mol. The van der Waals surface area contributed by atoms with Crippen LogP contribution in [0.4, 0.5) is 19.0 Å². The molecule has 9 heteroatoms. The molecular formula is C18H21F3N4O2. The Bertz CT molecular complexity index is 815. The molecule has 0 aliphatic carbocycles. The summed E-state index contributed by atoms with van der Waals surface area (Å²) in [7, 11) is 0. The average Bonchev–Trinajstić information content (AvgIpc) is 3.29. The molecule has 0 bridgehead atoms. The predicted octanol–water partition coefficient (Wildman–Crippen LogP) is 4.15. The number of aromatic nitrogens is 2. The van der Waals surface area contributed by atoms with E-state index in [0.717, 1.165) is 23.9 Å². The van der Waals surface area contributed by atoms with E-state index in [-0.39, 0.29) is 29.9 Å². The molecule has 1 fully saturated rings. The first-order chi connectivity index (χ1) is 12.8. The Morgan fingerprint density at radius 3 is 2.85 bits per heavy atom. The van der Waals surface area contributed by atoms with E-state index in [9.17, 15) is 18.0 Å². The van der Waals surface area contributed by atoms with Crippen molar-refractivity contribution in [3.05, 3.63) is 35.9 Å². The second-order valence-electron chi connectivity index (χ2n) is 7.21. The Hall–Kier alpha value is -2.45. The first-order valence-electron chi connectivity index (χ1n) is 9.12. The zero-order valence-corrected chi connectivity index (χ0v) is 14.9. The molecule has 2 aliphatic rings. The quantitative estimate of drug-likeness (QED) is 0.848. The molecule has 146 valence electrons. The van der Waals surface area contributed by atoms with Gasteiger partial charge in [-0.2, -0.15) is 18.3 Å². The second kappa shape index (κ2) is 6.61. The Morgan fingerprint density at radius 2 is 2.19 bits per heavy atom. The molecule has 1 amide bonds. The summed E-state index contributed by atoms with van der Waals surface area (Å²) in [6, 6.07) is 2.30. The van der Waals surface area contributed by atoms with Gasteiger partial charge in [-0.15, -0.1) is 0 Å². The number of halogens is 3. The number of alkyl halides is 3. The molecule has 4 rings (SSSR count). The minimum absolute atomic E-state index is 0.0422. The van der Waals surface area contributed by atoms with Crippen LogP contribution in [0.3, 0.4) is 0 Å². The van der Waals surface area contributed by atoms with E-state index in [0.29, 0.717) is 12.3 Å². The fraction of sp³-hybridized carbons (Fsp3) is 0.556. The summed E-state index contributed by atoms with van der Waals surface area (Å²) in [5.41, 5.74) is 0.0422. The molecule has 3 atom stereocenters. The van der Waals surface area contributed by atoms with Crippen molar-refractivity contribution in [3.63, 3.8) is 0 Å². The molecule has 2 aliphatic heterocycles. The van der Waals surface area contributed by atoms with Gasteiger partial charge in [0.15, 0.2) is 11.7 Å². The minimum Gasteiger partial charge on any atom is -0.467 e. The smallest absolute Gasteiger partial charge is 0.410 e. The molecule has 1 N–H and O–H groups in total. The Morgan fingerprint density at radius 1 is 1.37 bits per heavy atom. The van der Waals surface area contributed by atoms with Crippen LogP contribution in [0.1, 0.15) is 60.9 Å². The SMILES string of the molecule is C[C@H]1CCCCN1C(=O)c1cc2n(n1)[C@@H](C(F)(F)F)C[C@H](c1ccco1)N2. The zero-order valence-electron chi connectivity index (χ0n) is 14.9. The highest BCUT2D eigenvalue weighted by atomic mass is 19.4. The van der Waals surface area contributed by atoms with Crippen LogP contribution in [-0.4, -0.2) is 39.4 Å². The summed E-state index contributed by atoms with van der Waals surface area (Å²) in [4.78, 5) is 14.5. The van der Waals surface area contributed by atoms with E-state index in [1.54, 1.807) is 17.0 Å². The number of carbonyl (C=O) groups excluding carboxylic acids is 1. The van der Waals surface area contributed by atoms with Gasteiger partial charge in [0.1, 0.15) is 11.6 Å². The molecule has 4 heterocycles. The predicted molar refractivity (Wildman–Crippen MR) is 91.4 cm³/mol. The largest absolute Gasteiger partial charge is 0.467 e. The Balaban J connectivity index is 1.66. The monoisotopic (exact) mass is 382 g/mol. The number of carbonyl (C=O) groups is 1. The average molecular weight is 382 g/mol. The van der Waals surface area contributed by atoms with Crippen molar-refractivity contribution in [2.45, 2.75) is 56.9 Å². The first-order valence-corrected chi connectivity index (χ1v) is 9.12. The van der Waals surface area contributed by atoms with Crippen molar-refractivity contribution in [3.8, 4) is 0 Å². The normalized spacial score (nSPS) is 25.8. The molecule has 6 nitrogen and oxygen atoms in total. The van der Waals surface area contributed by atoms with Gasteiger partial charge in [0.25, 0.3) is 5.91 Å². The zero-order chi connectivity index (χ0) is 19.2. The van der Waals surface area contributed by atoms with Gasteiger partial charge in [-0.25, -0.2) is 4.68 Å². The van der Waals surface area contributed by atoms with Crippen LogP contribution in [0, 0.1) is 0 Å². The highest BCUT2D eigenvalue weighted by Gasteiger charge is 2.47. The summed E-state index contributed by atoms with van der Waals surface area (Å²) in [5.74, 6) is 0.286. The molecule has 0 radical (unpaired) electrons. The van der Waals surface area contributed by atoms with Crippen LogP contribution in [-0.2, 0) is 0 Å². The summed E-state index contributed by atoms with van der Waals surface area (Å²) >= 11 is 0. The van der Waals surface area contributed by atoms with Gasteiger partial charge in [0, 0.05) is 25.1 Å². The Labute approximate surface area is 154 Å². The number of hydrogen-bond acceptors (Lipinski definition) is 4. The second-order valence-corrected chi connectivity index (χ2v) is 7.21. The fourth-order valence-electron chi connectivity index (χ4n) is 3.90. The van der Waals surface area contributed by atoms with Crippen molar-refractivity contribution < 1.29 is 22.4 Å². The molecule has 0 unspecified atom stereocenters. The maximum absolute atomic E-state index is 13.6. The standard InChI is InChI=1S/C18H21F3N4O2/c1-11-5-2-3-7-24(11)17(26)13-10-16-22-12(14-6-4-8-27-14)9-15(18(19,20)21)25(16)23-13/h4,6,8,10-12,15,22H,2-3,5,7,9H2,1H3/t11-,12+,15+/m0/s1. The third kappa shape index (κ3) is 3.30. The fourth-order valence-corrected chi connectivity index (χ4v) is 3.90. The van der Waals surface area contributed by atoms with Gasteiger partial charge in [0.05, 0.1) is 12.3 Å². The van der Waals surface area contributed by atoms with Crippen molar-refractivity contribution in [1.82, 2.24) is 14.7 Å². The number of amides is 1. The summed E-state index contributed by atoms with van der Waals surface area (Å²) in [5, 5.41) is 7.06. The van der Waals surface area contributed by atoms with Gasteiger partial charge in [-0.05, 0) is 38.3 Å². The lowest BCUT2D eigenvalue weighted by molar-refractivity contribution is -0.174. The molecule has 2 aromatic heterocycles. The topological polar surface area (TPSA) is 63.3 Å². The lowest BCUT2D eigenvalue weighted by Gasteiger charge is -2.33. The van der Waals surface area contributed by atoms with Crippen molar-refractivity contribution >= 4 is 11.7 Å². The minimum atomic E-state index is -4.48. The molecule has 1 saturated heterocycles. The van der Waals surface area contributed by atoms with E-state index < -0.39 is 18.3 Å². The van der Waals surface area contributed by atoms with Gasteiger partial charge in [-0.1, -0.05) is 0 Å². The van der Waals surface area contributed by atoms with Crippen molar-refractivity contribution in [2.75, 3.05) is 11.9 Å². The molecule has 0 spiro atoms. The van der Waals surface area contributed by atoms with Gasteiger partial charge >= 0.3 is 6.18 Å². The lowest BCUT2D eigenvalue weighted by atomic mass is 10.0. The van der Waals surface area contributed by atoms with Gasteiger partial charge < -0.3 is 14.6 Å². The van der Waals surface area contributed by atoms with E-state index >= 15 is 0 Å². The van der Waals surface area contributed by atoms with E-state index in [1.165, 1.54) is 12.3 Å². The Kier molecular flexibility index (Phi) is 4.39.